The standard InChI is InChI=1S/C20H29F3N2O/c1-13(2)25(14(3)4)18-11-10-16(20(21,22)23)12-17(18)24-19(26)15-8-6-5-7-9-15/h10-15H,5-9H2,1-4H3,(H,24,26). The lowest BCUT2D eigenvalue weighted by Crippen LogP contribution is -2.38. The molecule has 1 aliphatic rings. The molecular weight excluding hydrogens is 341 g/mol. The van der Waals surface area contributed by atoms with Crippen LogP contribution in [0.25, 0.3) is 0 Å². The molecule has 3 nitrogen and oxygen atoms in total. The third kappa shape index (κ3) is 4.92. The van der Waals surface area contributed by atoms with Gasteiger partial charge < -0.3 is 10.2 Å². The first-order valence-electron chi connectivity index (χ1n) is 9.41. The minimum atomic E-state index is -4.44. The molecule has 2 rings (SSSR count). The lowest BCUT2D eigenvalue weighted by Gasteiger charge is -2.35. The number of halogens is 3. The zero-order valence-corrected chi connectivity index (χ0v) is 16.0. The van der Waals surface area contributed by atoms with E-state index < -0.39 is 11.7 Å². The van der Waals surface area contributed by atoms with Crippen LogP contribution >= 0.6 is 0 Å². The number of nitrogens with zero attached hydrogens (tertiary/aromatic N) is 1. The molecule has 0 aliphatic heterocycles. The minimum Gasteiger partial charge on any atom is -0.365 e. The van der Waals surface area contributed by atoms with Crippen LogP contribution in [-0.4, -0.2) is 18.0 Å². The normalized spacial score (nSPS) is 16.2. The smallest absolute Gasteiger partial charge is 0.365 e. The second-order valence-electron chi connectivity index (χ2n) is 7.65. The summed E-state index contributed by atoms with van der Waals surface area (Å²) in [5.74, 6) is -0.282. The van der Waals surface area contributed by atoms with E-state index in [-0.39, 0.29) is 29.6 Å². The van der Waals surface area contributed by atoms with E-state index in [0.29, 0.717) is 5.69 Å². The predicted octanol–water partition coefficient (Wildman–Crippen LogP) is 5.85. The molecule has 1 aromatic carbocycles. The van der Waals surface area contributed by atoms with Gasteiger partial charge in [-0.2, -0.15) is 13.2 Å². The van der Waals surface area contributed by atoms with Gasteiger partial charge in [0.15, 0.2) is 0 Å². The highest BCUT2D eigenvalue weighted by molar-refractivity contribution is 5.96. The molecule has 0 atom stereocenters. The molecule has 0 saturated heterocycles. The maximum atomic E-state index is 13.2. The first kappa shape index (κ1) is 20.6. The van der Waals surface area contributed by atoms with Crippen molar-refractivity contribution in [2.45, 2.75) is 78.1 Å². The van der Waals surface area contributed by atoms with Crippen LogP contribution in [-0.2, 0) is 11.0 Å². The number of amides is 1. The van der Waals surface area contributed by atoms with E-state index in [2.05, 4.69) is 5.32 Å². The van der Waals surface area contributed by atoms with Crippen molar-refractivity contribution in [2.24, 2.45) is 5.92 Å². The van der Waals surface area contributed by atoms with Gasteiger partial charge in [-0.05, 0) is 58.7 Å². The molecule has 0 unspecified atom stereocenters. The van der Waals surface area contributed by atoms with Crippen molar-refractivity contribution in [1.82, 2.24) is 0 Å². The fourth-order valence-electron chi connectivity index (χ4n) is 3.79. The Labute approximate surface area is 154 Å². The van der Waals surface area contributed by atoms with Crippen LogP contribution in [0.5, 0.6) is 0 Å². The average Bonchev–Trinajstić information content (AvgIpc) is 2.55. The third-order valence-electron chi connectivity index (χ3n) is 4.95. The summed E-state index contributed by atoms with van der Waals surface area (Å²) in [5.41, 5.74) is 0.137. The van der Waals surface area contributed by atoms with Gasteiger partial charge in [0, 0.05) is 18.0 Å². The van der Waals surface area contributed by atoms with Crippen LogP contribution in [0.15, 0.2) is 18.2 Å². The van der Waals surface area contributed by atoms with Crippen molar-refractivity contribution in [3.8, 4) is 0 Å². The van der Waals surface area contributed by atoms with Crippen LogP contribution in [0.1, 0.15) is 65.4 Å². The van der Waals surface area contributed by atoms with Crippen molar-refractivity contribution in [1.29, 1.82) is 0 Å². The molecule has 0 heterocycles. The van der Waals surface area contributed by atoms with Gasteiger partial charge in [0.2, 0.25) is 5.91 Å². The number of benzene rings is 1. The maximum Gasteiger partial charge on any atom is 0.416 e. The summed E-state index contributed by atoms with van der Waals surface area (Å²) >= 11 is 0. The van der Waals surface area contributed by atoms with Gasteiger partial charge in [-0.25, -0.2) is 0 Å². The van der Waals surface area contributed by atoms with Crippen molar-refractivity contribution in [3.05, 3.63) is 23.8 Å². The van der Waals surface area contributed by atoms with Crippen LogP contribution in [0.4, 0.5) is 24.5 Å². The van der Waals surface area contributed by atoms with Crippen molar-refractivity contribution < 1.29 is 18.0 Å². The number of hydrogen-bond acceptors (Lipinski definition) is 2. The highest BCUT2D eigenvalue weighted by atomic mass is 19.4. The van der Waals surface area contributed by atoms with E-state index in [9.17, 15) is 18.0 Å². The van der Waals surface area contributed by atoms with E-state index in [1.807, 2.05) is 32.6 Å². The summed E-state index contributed by atoms with van der Waals surface area (Å²) in [4.78, 5) is 14.7. The molecule has 1 fully saturated rings. The summed E-state index contributed by atoms with van der Waals surface area (Å²) in [6, 6.07) is 3.81. The lowest BCUT2D eigenvalue weighted by atomic mass is 9.88. The van der Waals surface area contributed by atoms with Gasteiger partial charge in [0.1, 0.15) is 0 Å². The molecule has 1 saturated carbocycles. The molecule has 1 aromatic rings. The Morgan fingerprint density at radius 1 is 1.08 bits per heavy atom. The molecule has 0 radical (unpaired) electrons. The fourth-order valence-corrected chi connectivity index (χ4v) is 3.79. The third-order valence-corrected chi connectivity index (χ3v) is 4.95. The molecule has 0 bridgehead atoms. The summed E-state index contributed by atoms with van der Waals surface area (Å²) in [5, 5.41) is 2.80. The second-order valence-corrected chi connectivity index (χ2v) is 7.65. The largest absolute Gasteiger partial charge is 0.416 e. The monoisotopic (exact) mass is 370 g/mol. The van der Waals surface area contributed by atoms with Gasteiger partial charge in [0.25, 0.3) is 0 Å². The van der Waals surface area contributed by atoms with E-state index >= 15 is 0 Å². The SMILES string of the molecule is CC(C)N(c1ccc(C(F)(F)F)cc1NC(=O)C1CCCCC1)C(C)C. The molecule has 146 valence electrons. The first-order valence-corrected chi connectivity index (χ1v) is 9.41. The van der Waals surface area contributed by atoms with Gasteiger partial charge in [-0.3, -0.25) is 4.79 Å². The number of anilines is 2. The Morgan fingerprint density at radius 2 is 1.65 bits per heavy atom. The van der Waals surface area contributed by atoms with Crippen LogP contribution in [0.2, 0.25) is 0 Å². The first-order chi connectivity index (χ1) is 12.1. The lowest BCUT2D eigenvalue weighted by molar-refractivity contribution is -0.137. The quantitative estimate of drug-likeness (QED) is 0.705. The van der Waals surface area contributed by atoms with Crippen molar-refractivity contribution in [3.63, 3.8) is 0 Å². The number of carbonyl (C=O) groups is 1. The van der Waals surface area contributed by atoms with Gasteiger partial charge in [-0.1, -0.05) is 19.3 Å². The molecular formula is C20H29F3N2O. The van der Waals surface area contributed by atoms with Crippen LogP contribution in [0, 0.1) is 5.92 Å². The molecule has 1 amide bonds. The Kier molecular flexibility index (Phi) is 6.58. The zero-order valence-electron chi connectivity index (χ0n) is 16.0. The van der Waals surface area contributed by atoms with Crippen LogP contribution < -0.4 is 10.2 Å². The second kappa shape index (κ2) is 8.31. The Balaban J connectivity index is 2.39. The summed E-state index contributed by atoms with van der Waals surface area (Å²) < 4.78 is 39.6. The number of hydrogen-bond donors (Lipinski definition) is 1. The van der Waals surface area contributed by atoms with Crippen molar-refractivity contribution >= 4 is 17.3 Å². The zero-order chi connectivity index (χ0) is 19.5. The molecule has 0 spiro atoms. The number of alkyl halides is 3. The minimum absolute atomic E-state index is 0.0945. The fraction of sp³-hybridized carbons (Fsp3) is 0.650. The summed E-state index contributed by atoms with van der Waals surface area (Å²) in [6.45, 7) is 7.96. The Hall–Kier alpha value is -1.72. The highest BCUT2D eigenvalue weighted by Crippen LogP contribution is 2.37. The van der Waals surface area contributed by atoms with Crippen molar-refractivity contribution in [2.75, 3.05) is 10.2 Å². The molecule has 1 N–H and O–H groups in total. The van der Waals surface area contributed by atoms with E-state index in [1.165, 1.54) is 6.07 Å². The number of rotatable bonds is 5. The van der Waals surface area contributed by atoms with Gasteiger partial charge >= 0.3 is 6.18 Å². The van der Waals surface area contributed by atoms with E-state index in [1.54, 1.807) is 0 Å². The van der Waals surface area contributed by atoms with E-state index in [4.69, 9.17) is 0 Å². The molecule has 6 heteroatoms. The number of nitrogens with one attached hydrogen (secondary N) is 1. The molecule has 1 aliphatic carbocycles. The topological polar surface area (TPSA) is 32.3 Å². The Morgan fingerprint density at radius 3 is 2.15 bits per heavy atom. The van der Waals surface area contributed by atoms with Gasteiger partial charge in [-0.15, -0.1) is 0 Å². The van der Waals surface area contributed by atoms with E-state index in [0.717, 1.165) is 44.2 Å². The Bertz CT molecular complexity index is 612. The summed E-state index contributed by atoms with van der Waals surface area (Å²) in [7, 11) is 0. The number of carbonyl (C=O) groups excluding carboxylic acids is 1. The van der Waals surface area contributed by atoms with Crippen LogP contribution in [0.3, 0.4) is 0 Å². The summed E-state index contributed by atoms with van der Waals surface area (Å²) in [6.07, 6.45) is 0.280. The highest BCUT2D eigenvalue weighted by Gasteiger charge is 2.32. The maximum absolute atomic E-state index is 13.2. The molecule has 0 aromatic heterocycles. The predicted molar refractivity (Wildman–Crippen MR) is 99.4 cm³/mol. The average molecular weight is 370 g/mol. The molecule has 26 heavy (non-hydrogen) atoms. The van der Waals surface area contributed by atoms with Gasteiger partial charge in [0.05, 0.1) is 16.9 Å².